The summed E-state index contributed by atoms with van der Waals surface area (Å²) in [5, 5.41) is 9.60. The molecule has 1 aliphatic carbocycles. The van der Waals surface area contributed by atoms with Crippen molar-refractivity contribution >= 4 is 11.9 Å². The van der Waals surface area contributed by atoms with Gasteiger partial charge < -0.3 is 18.9 Å². The van der Waals surface area contributed by atoms with Gasteiger partial charge in [0.25, 0.3) is 0 Å². The Labute approximate surface area is 186 Å². The largest absolute Gasteiger partial charge is 0.457 e. The lowest BCUT2D eigenvalue weighted by molar-refractivity contribution is -0.149. The zero-order valence-electron chi connectivity index (χ0n) is 18.0. The van der Waals surface area contributed by atoms with Gasteiger partial charge in [-0.1, -0.05) is 50.1 Å². The van der Waals surface area contributed by atoms with E-state index in [0.29, 0.717) is 17.1 Å². The Hall–Kier alpha value is -3.81. The summed E-state index contributed by atoms with van der Waals surface area (Å²) in [6.07, 6.45) is -1.10. The highest BCUT2D eigenvalue weighted by molar-refractivity contribution is 5.89. The van der Waals surface area contributed by atoms with Crippen molar-refractivity contribution < 1.29 is 28.5 Å². The summed E-state index contributed by atoms with van der Waals surface area (Å²) in [4.78, 5) is 24.3. The van der Waals surface area contributed by atoms with Crippen molar-refractivity contribution in [3.8, 4) is 29.4 Å². The minimum Gasteiger partial charge on any atom is -0.457 e. The van der Waals surface area contributed by atoms with Gasteiger partial charge >= 0.3 is 11.9 Å². The van der Waals surface area contributed by atoms with Crippen molar-refractivity contribution in [1.82, 2.24) is 0 Å². The number of nitriles is 1. The van der Waals surface area contributed by atoms with E-state index >= 15 is 0 Å². The summed E-state index contributed by atoms with van der Waals surface area (Å²) in [7, 11) is 1.39. The first-order valence-electron chi connectivity index (χ1n) is 9.97. The molecule has 3 rings (SSSR count). The minimum atomic E-state index is -1.10. The summed E-state index contributed by atoms with van der Waals surface area (Å²) in [5.41, 5.74) is 0.0164. The smallest absolute Gasteiger partial charge is 0.386 e. The van der Waals surface area contributed by atoms with Crippen molar-refractivity contribution in [2.75, 3.05) is 13.9 Å². The molecule has 3 unspecified atom stereocenters. The van der Waals surface area contributed by atoms with E-state index in [4.69, 9.17) is 14.2 Å². The van der Waals surface area contributed by atoms with Crippen LogP contribution >= 0.6 is 0 Å². The van der Waals surface area contributed by atoms with Gasteiger partial charge in [-0.05, 0) is 29.7 Å². The summed E-state index contributed by atoms with van der Waals surface area (Å²) < 4.78 is 20.7. The fraction of sp³-hybridized carbons (Fsp3) is 0.320. The van der Waals surface area contributed by atoms with Crippen LogP contribution in [0.4, 0.5) is 0 Å². The normalized spacial score (nSPS) is 18.8. The van der Waals surface area contributed by atoms with E-state index in [1.165, 1.54) is 7.11 Å². The van der Waals surface area contributed by atoms with Crippen LogP contribution in [-0.2, 0) is 23.8 Å². The molecule has 0 aliphatic heterocycles. The Morgan fingerprint density at radius 1 is 1.09 bits per heavy atom. The second-order valence-electron chi connectivity index (χ2n) is 7.82. The van der Waals surface area contributed by atoms with Gasteiger partial charge in [0.2, 0.25) is 6.10 Å². The Morgan fingerprint density at radius 3 is 2.50 bits per heavy atom. The van der Waals surface area contributed by atoms with E-state index < -0.39 is 29.4 Å². The van der Waals surface area contributed by atoms with Gasteiger partial charge in [0.1, 0.15) is 17.6 Å². The number of ether oxygens (including phenoxy) is 4. The molecule has 0 bridgehead atoms. The van der Waals surface area contributed by atoms with Gasteiger partial charge in [0.15, 0.2) is 6.79 Å². The molecule has 1 saturated carbocycles. The predicted octanol–water partition coefficient (Wildman–Crippen LogP) is 4.01. The first-order valence-corrected chi connectivity index (χ1v) is 9.97. The highest BCUT2D eigenvalue weighted by Crippen LogP contribution is 2.58. The lowest BCUT2D eigenvalue weighted by Crippen LogP contribution is -2.14. The molecule has 0 aromatic heterocycles. The van der Waals surface area contributed by atoms with Crippen molar-refractivity contribution in [1.29, 1.82) is 5.26 Å². The monoisotopic (exact) mass is 433 g/mol. The van der Waals surface area contributed by atoms with Crippen molar-refractivity contribution in [2.45, 2.75) is 20.0 Å². The lowest BCUT2D eigenvalue weighted by atomic mass is 10.1. The van der Waals surface area contributed by atoms with Gasteiger partial charge in [-0.15, -0.1) is 0 Å². The Bertz CT molecular complexity index is 1080. The highest BCUT2D eigenvalue weighted by atomic mass is 16.7. The first-order chi connectivity index (χ1) is 15.4. The third-order valence-electron chi connectivity index (χ3n) is 5.21. The topological polar surface area (TPSA) is 94.9 Å². The van der Waals surface area contributed by atoms with E-state index in [0.717, 1.165) is 0 Å². The molecule has 1 aliphatic rings. The van der Waals surface area contributed by atoms with Gasteiger partial charge in [0.05, 0.1) is 5.92 Å². The Morgan fingerprint density at radius 2 is 1.81 bits per heavy atom. The van der Waals surface area contributed by atoms with Gasteiger partial charge in [0, 0.05) is 24.5 Å². The fourth-order valence-corrected chi connectivity index (χ4v) is 3.36. The van der Waals surface area contributed by atoms with Crippen molar-refractivity contribution in [3.05, 3.63) is 60.2 Å². The first kappa shape index (κ1) is 22.9. The highest BCUT2D eigenvalue weighted by Gasteiger charge is 2.62. The number of esters is 2. The summed E-state index contributed by atoms with van der Waals surface area (Å²) >= 11 is 0. The van der Waals surface area contributed by atoms with Crippen LogP contribution in [-0.4, -0.2) is 25.8 Å². The van der Waals surface area contributed by atoms with Gasteiger partial charge in [-0.3, -0.25) is 4.79 Å². The van der Waals surface area contributed by atoms with E-state index in [1.807, 2.05) is 50.2 Å². The van der Waals surface area contributed by atoms with Crippen LogP contribution in [0.15, 0.2) is 54.6 Å². The fourth-order valence-electron chi connectivity index (χ4n) is 3.36. The maximum Gasteiger partial charge on any atom is 0.386 e. The standard InChI is InChI=1S/C25H23NO6/c1-25(2)20(12-13-22(27)30-16-29-3)23(25)24(28)32-21(15-26)17-8-7-11-19(14-17)31-18-9-5-4-6-10-18/h4-11,14,20-21,23H,16H2,1-3H3. The molecule has 0 N–H and O–H groups in total. The molecule has 1 fully saturated rings. The maximum atomic E-state index is 12.8. The molecule has 0 spiro atoms. The maximum absolute atomic E-state index is 12.8. The molecule has 164 valence electrons. The number of carbonyl (C=O) groups excluding carboxylic acids is 2. The van der Waals surface area contributed by atoms with Crippen LogP contribution in [0.3, 0.4) is 0 Å². The molecule has 0 saturated heterocycles. The number of benzene rings is 2. The molecular weight excluding hydrogens is 410 g/mol. The Kier molecular flexibility index (Phi) is 7.14. The van der Waals surface area contributed by atoms with E-state index in [-0.39, 0.29) is 12.7 Å². The Balaban J connectivity index is 1.66. The lowest BCUT2D eigenvalue weighted by Gasteiger charge is -2.13. The average Bonchev–Trinajstić information content (AvgIpc) is 3.35. The summed E-state index contributed by atoms with van der Waals surface area (Å²) in [6, 6.07) is 18.1. The molecule has 0 heterocycles. The van der Waals surface area contributed by atoms with Crippen molar-refractivity contribution in [3.63, 3.8) is 0 Å². The SMILES string of the molecule is COCOC(=O)C#CC1C(C(=O)OC(C#N)c2cccc(Oc3ccccc3)c2)C1(C)C. The molecule has 0 amide bonds. The van der Waals surface area contributed by atoms with Gasteiger partial charge in [-0.25, -0.2) is 4.79 Å². The average molecular weight is 433 g/mol. The minimum absolute atomic E-state index is 0.191. The molecule has 2 aromatic rings. The van der Waals surface area contributed by atoms with E-state index in [1.54, 1.807) is 24.3 Å². The van der Waals surface area contributed by atoms with E-state index in [9.17, 15) is 14.9 Å². The number of para-hydroxylation sites is 1. The molecule has 7 nitrogen and oxygen atoms in total. The number of hydrogen-bond acceptors (Lipinski definition) is 7. The molecule has 2 aromatic carbocycles. The molecule has 7 heteroatoms. The van der Waals surface area contributed by atoms with Crippen LogP contribution in [0.2, 0.25) is 0 Å². The number of methoxy groups -OCH3 is 1. The second-order valence-corrected chi connectivity index (χ2v) is 7.82. The quantitative estimate of drug-likeness (QED) is 0.282. The van der Waals surface area contributed by atoms with Crippen molar-refractivity contribution in [2.24, 2.45) is 17.3 Å². The molecule has 0 radical (unpaired) electrons. The summed E-state index contributed by atoms with van der Waals surface area (Å²) in [5.74, 6) is 4.12. The third-order valence-corrected chi connectivity index (χ3v) is 5.21. The van der Waals surface area contributed by atoms with Crippen LogP contribution in [0.5, 0.6) is 11.5 Å². The number of carbonyl (C=O) groups is 2. The number of nitrogens with zero attached hydrogens (tertiary/aromatic N) is 1. The molecule has 32 heavy (non-hydrogen) atoms. The third kappa shape index (κ3) is 5.46. The van der Waals surface area contributed by atoms with Crippen LogP contribution in [0.25, 0.3) is 0 Å². The zero-order valence-corrected chi connectivity index (χ0v) is 18.0. The second kappa shape index (κ2) is 10.00. The predicted molar refractivity (Wildman–Crippen MR) is 114 cm³/mol. The molecular formula is C25H23NO6. The number of rotatable bonds is 7. The van der Waals surface area contributed by atoms with Crippen LogP contribution < -0.4 is 4.74 Å². The van der Waals surface area contributed by atoms with Gasteiger partial charge in [-0.2, -0.15) is 5.26 Å². The van der Waals surface area contributed by atoms with Crippen LogP contribution in [0, 0.1) is 40.4 Å². The summed E-state index contributed by atoms with van der Waals surface area (Å²) in [6.45, 7) is 3.52. The van der Waals surface area contributed by atoms with E-state index in [2.05, 4.69) is 16.6 Å². The van der Waals surface area contributed by atoms with Crippen LogP contribution in [0.1, 0.15) is 25.5 Å². The molecule has 3 atom stereocenters. The zero-order chi connectivity index (χ0) is 23.1. The number of hydrogen-bond donors (Lipinski definition) is 0.